The number of oxime groups is 1. The molecule has 0 saturated heterocycles. The fraction of sp³-hybridized carbons (Fsp3) is 0.462. The number of amides is 1. The molecule has 19 heavy (non-hydrogen) atoms. The molecular formula is C13H20N4O2. The number of carbonyl (C=O) groups excluding carboxylic acids is 1. The third-order valence-electron chi connectivity index (χ3n) is 2.77. The Hall–Kier alpha value is -2.11. The second-order valence-electron chi connectivity index (χ2n) is 4.73. The first-order chi connectivity index (χ1) is 8.95. The molecule has 6 nitrogen and oxygen atoms in total. The number of nitrogens with two attached hydrogens (primary N) is 1. The van der Waals surface area contributed by atoms with Gasteiger partial charge in [-0.25, -0.2) is 0 Å². The highest BCUT2D eigenvalue weighted by Gasteiger charge is 2.26. The van der Waals surface area contributed by atoms with Crippen molar-refractivity contribution >= 4 is 11.7 Å². The Morgan fingerprint density at radius 1 is 1.53 bits per heavy atom. The van der Waals surface area contributed by atoms with Crippen molar-refractivity contribution in [2.24, 2.45) is 22.7 Å². The Labute approximate surface area is 112 Å². The molecule has 1 amide bonds. The maximum absolute atomic E-state index is 12.0. The minimum Gasteiger partial charge on any atom is -0.409 e. The van der Waals surface area contributed by atoms with Gasteiger partial charge in [-0.2, -0.15) is 0 Å². The highest BCUT2D eigenvalue weighted by molar-refractivity contribution is 6.02. The van der Waals surface area contributed by atoms with Crippen LogP contribution in [-0.2, 0) is 11.3 Å². The van der Waals surface area contributed by atoms with E-state index in [4.69, 9.17) is 10.9 Å². The van der Waals surface area contributed by atoms with Gasteiger partial charge in [0.05, 0.1) is 12.2 Å². The van der Waals surface area contributed by atoms with Gasteiger partial charge in [-0.1, -0.05) is 25.1 Å². The predicted octanol–water partition coefficient (Wildman–Crippen LogP) is 1.02. The fourth-order valence-electron chi connectivity index (χ4n) is 1.83. The number of carbonyl (C=O) groups is 1. The van der Waals surface area contributed by atoms with Crippen LogP contribution in [0.1, 0.15) is 25.2 Å². The molecule has 4 N–H and O–H groups in total. The molecule has 1 aromatic rings. The third kappa shape index (κ3) is 4.24. The summed E-state index contributed by atoms with van der Waals surface area (Å²) in [4.78, 5) is 16.3. The minimum absolute atomic E-state index is 0.0543. The first-order valence-electron chi connectivity index (χ1n) is 6.13. The van der Waals surface area contributed by atoms with E-state index in [1.54, 1.807) is 0 Å². The summed E-state index contributed by atoms with van der Waals surface area (Å²) in [6, 6.07) is 5.60. The van der Waals surface area contributed by atoms with Crippen LogP contribution in [0.3, 0.4) is 0 Å². The van der Waals surface area contributed by atoms with Crippen molar-refractivity contribution in [3.63, 3.8) is 0 Å². The van der Waals surface area contributed by atoms with Crippen molar-refractivity contribution in [2.45, 2.75) is 27.3 Å². The van der Waals surface area contributed by atoms with E-state index < -0.39 is 5.92 Å². The molecule has 0 radical (unpaired) electrons. The van der Waals surface area contributed by atoms with E-state index in [-0.39, 0.29) is 17.7 Å². The fourth-order valence-corrected chi connectivity index (χ4v) is 1.83. The normalized spacial score (nSPS) is 13.4. The molecule has 0 aliphatic carbocycles. The number of pyridine rings is 1. The Morgan fingerprint density at radius 3 is 2.74 bits per heavy atom. The van der Waals surface area contributed by atoms with Crippen LogP contribution in [0.5, 0.6) is 0 Å². The molecule has 0 saturated carbocycles. The van der Waals surface area contributed by atoms with Crippen LogP contribution in [0.25, 0.3) is 0 Å². The van der Waals surface area contributed by atoms with Gasteiger partial charge in [0, 0.05) is 5.69 Å². The van der Waals surface area contributed by atoms with E-state index >= 15 is 0 Å². The van der Waals surface area contributed by atoms with Gasteiger partial charge >= 0.3 is 0 Å². The minimum atomic E-state index is -0.644. The topological polar surface area (TPSA) is 101 Å². The zero-order chi connectivity index (χ0) is 14.4. The second-order valence-corrected chi connectivity index (χ2v) is 4.73. The first kappa shape index (κ1) is 14.9. The van der Waals surface area contributed by atoms with Crippen molar-refractivity contribution < 1.29 is 10.0 Å². The predicted molar refractivity (Wildman–Crippen MR) is 72.6 cm³/mol. The lowest BCUT2D eigenvalue weighted by Crippen LogP contribution is -2.41. The Morgan fingerprint density at radius 2 is 2.21 bits per heavy atom. The van der Waals surface area contributed by atoms with Gasteiger partial charge in [-0.3, -0.25) is 9.78 Å². The lowest BCUT2D eigenvalue weighted by atomic mass is 9.94. The van der Waals surface area contributed by atoms with E-state index in [1.807, 2.05) is 39.0 Å². The van der Waals surface area contributed by atoms with Gasteiger partial charge in [0.25, 0.3) is 0 Å². The number of nitrogens with one attached hydrogen (secondary N) is 1. The standard InChI is InChI=1S/C13H20N4O2/c1-8(2)11(12(14)17-19)13(18)15-7-10-6-4-5-9(3)16-10/h4-6,8,11,19H,7H2,1-3H3,(H2,14,17)(H,15,18). The number of hydrogen-bond donors (Lipinski definition) is 3. The SMILES string of the molecule is Cc1cccc(CNC(=O)C(/C(N)=N/O)C(C)C)n1. The molecule has 0 aliphatic heterocycles. The van der Waals surface area contributed by atoms with Crippen LogP contribution in [-0.4, -0.2) is 21.9 Å². The van der Waals surface area contributed by atoms with E-state index in [0.29, 0.717) is 6.54 Å². The molecule has 104 valence electrons. The Kier molecular flexibility index (Phi) is 5.29. The van der Waals surface area contributed by atoms with Crippen LogP contribution in [0.4, 0.5) is 0 Å². The van der Waals surface area contributed by atoms with Crippen molar-refractivity contribution in [1.82, 2.24) is 10.3 Å². The highest BCUT2D eigenvalue weighted by atomic mass is 16.4. The summed E-state index contributed by atoms with van der Waals surface area (Å²) in [6.07, 6.45) is 0. The van der Waals surface area contributed by atoms with Crippen molar-refractivity contribution in [3.05, 3.63) is 29.6 Å². The van der Waals surface area contributed by atoms with Crippen molar-refractivity contribution in [3.8, 4) is 0 Å². The summed E-state index contributed by atoms with van der Waals surface area (Å²) in [5.74, 6) is -1.05. The largest absolute Gasteiger partial charge is 0.409 e. The molecule has 1 rings (SSSR count). The van der Waals surface area contributed by atoms with Gasteiger partial charge in [0.2, 0.25) is 5.91 Å². The Balaban J connectivity index is 2.68. The number of rotatable bonds is 5. The van der Waals surface area contributed by atoms with Crippen LogP contribution in [0.2, 0.25) is 0 Å². The lowest BCUT2D eigenvalue weighted by Gasteiger charge is -2.18. The van der Waals surface area contributed by atoms with Gasteiger partial charge in [0.1, 0.15) is 5.92 Å². The van der Waals surface area contributed by atoms with Gasteiger partial charge in [-0.15, -0.1) is 0 Å². The monoisotopic (exact) mass is 264 g/mol. The summed E-state index contributed by atoms with van der Waals surface area (Å²) in [7, 11) is 0. The van der Waals surface area contributed by atoms with Crippen LogP contribution in [0, 0.1) is 18.8 Å². The maximum atomic E-state index is 12.0. The number of amidine groups is 1. The van der Waals surface area contributed by atoms with E-state index in [1.165, 1.54) is 0 Å². The molecular weight excluding hydrogens is 244 g/mol. The molecule has 0 aliphatic rings. The third-order valence-corrected chi connectivity index (χ3v) is 2.77. The van der Waals surface area contributed by atoms with E-state index in [2.05, 4.69) is 15.5 Å². The zero-order valence-electron chi connectivity index (χ0n) is 11.4. The number of aromatic nitrogens is 1. The first-order valence-corrected chi connectivity index (χ1v) is 6.13. The molecule has 1 atom stereocenters. The summed E-state index contributed by atoms with van der Waals surface area (Å²) < 4.78 is 0. The molecule has 1 aromatic heterocycles. The van der Waals surface area contributed by atoms with Crippen LogP contribution >= 0.6 is 0 Å². The molecule has 0 spiro atoms. The summed E-state index contributed by atoms with van der Waals surface area (Å²) in [5, 5.41) is 14.4. The van der Waals surface area contributed by atoms with Gasteiger partial charge < -0.3 is 16.3 Å². The van der Waals surface area contributed by atoms with Crippen molar-refractivity contribution in [1.29, 1.82) is 0 Å². The highest BCUT2D eigenvalue weighted by Crippen LogP contribution is 2.11. The summed E-state index contributed by atoms with van der Waals surface area (Å²) in [5.41, 5.74) is 7.20. The molecule has 0 bridgehead atoms. The molecule has 0 aromatic carbocycles. The van der Waals surface area contributed by atoms with E-state index in [0.717, 1.165) is 11.4 Å². The average Bonchev–Trinajstić information content (AvgIpc) is 2.36. The maximum Gasteiger partial charge on any atom is 0.231 e. The number of nitrogens with zero attached hydrogens (tertiary/aromatic N) is 2. The average molecular weight is 264 g/mol. The summed E-state index contributed by atoms with van der Waals surface area (Å²) >= 11 is 0. The van der Waals surface area contributed by atoms with Crippen molar-refractivity contribution in [2.75, 3.05) is 0 Å². The number of hydrogen-bond acceptors (Lipinski definition) is 4. The second kappa shape index (κ2) is 6.72. The molecule has 0 fully saturated rings. The summed E-state index contributed by atoms with van der Waals surface area (Å²) in [6.45, 7) is 5.89. The quantitative estimate of drug-likeness (QED) is 0.320. The van der Waals surface area contributed by atoms with Gasteiger partial charge in [-0.05, 0) is 25.0 Å². The molecule has 1 unspecified atom stereocenters. The Bertz CT molecular complexity index is 471. The number of aryl methyl sites for hydroxylation is 1. The lowest BCUT2D eigenvalue weighted by molar-refractivity contribution is -0.124. The van der Waals surface area contributed by atoms with Crippen LogP contribution < -0.4 is 11.1 Å². The zero-order valence-corrected chi connectivity index (χ0v) is 11.4. The van der Waals surface area contributed by atoms with Gasteiger partial charge in [0.15, 0.2) is 5.84 Å². The smallest absolute Gasteiger partial charge is 0.231 e. The van der Waals surface area contributed by atoms with E-state index in [9.17, 15) is 4.79 Å². The molecule has 6 heteroatoms. The van der Waals surface area contributed by atoms with Crippen LogP contribution in [0.15, 0.2) is 23.4 Å². The molecule has 1 heterocycles.